The van der Waals surface area contributed by atoms with E-state index >= 15 is 0 Å². The van der Waals surface area contributed by atoms with Gasteiger partial charge in [-0.05, 0) is 225 Å². The first-order valence-corrected chi connectivity index (χ1v) is 31.0. The van der Waals surface area contributed by atoms with Gasteiger partial charge in [-0.25, -0.2) is 0 Å². The fraction of sp³-hybridized carbons (Fsp3) is 0.652. The Morgan fingerprint density at radius 2 is 0.911 bits per heavy atom. The Morgan fingerprint density at radius 1 is 0.506 bits per heavy atom. The number of likely N-dealkylation sites (tertiary alicyclic amines) is 3. The van der Waals surface area contributed by atoms with E-state index in [9.17, 15) is 34.2 Å². The largest absolute Gasteiger partial charge is 0.507 e. The van der Waals surface area contributed by atoms with E-state index in [1.807, 2.05) is 18.2 Å². The first kappa shape index (κ1) is 53.2. The Bertz CT molecular complexity index is 2860. The van der Waals surface area contributed by atoms with Gasteiger partial charge in [-0.2, -0.15) is 0 Å². The van der Waals surface area contributed by atoms with E-state index in [1.54, 1.807) is 12.1 Å². The van der Waals surface area contributed by atoms with Gasteiger partial charge in [0.25, 0.3) is 11.8 Å². The molecule has 0 radical (unpaired) electrons. The number of nitrogens with two attached hydrogens (primary N) is 3. The molecule has 0 unspecified atom stereocenters. The number of hydrogen-bond donors (Lipinski definition) is 5. The van der Waals surface area contributed by atoms with Crippen LogP contribution in [0.3, 0.4) is 0 Å². The molecule has 9 fully saturated rings. The number of phenols is 2. The minimum atomic E-state index is -0.604. The summed E-state index contributed by atoms with van der Waals surface area (Å²) < 4.78 is 0. The Balaban J connectivity index is 0.000000112. The number of ketones is 2. The second-order valence-corrected chi connectivity index (χ2v) is 27.5. The van der Waals surface area contributed by atoms with Gasteiger partial charge in [0.05, 0.1) is 11.1 Å². The van der Waals surface area contributed by atoms with Crippen LogP contribution in [0, 0.1) is 35.5 Å². The van der Waals surface area contributed by atoms with Crippen molar-refractivity contribution in [2.45, 2.75) is 215 Å². The number of primary amides is 3. The third-order valence-corrected chi connectivity index (χ3v) is 23.9. The average Bonchev–Trinajstić information content (AvgIpc) is 3.80. The lowest BCUT2D eigenvalue weighted by molar-refractivity contribution is -0.129. The number of rotatable bonds is 9. The molecule has 3 saturated heterocycles. The molecule has 12 atom stereocenters. The molecule has 79 heavy (non-hydrogen) atoms. The standard InChI is InChI=1S/2C22H28N2O3.C22H30N2O/c2*1-12(13-2-3-13)24-9-8-22-11-15(25)5-7-17(22)18(24)10-14-4-6-16(21(23)27)20(26)19(14)22;1-14(15-5-6-15)24-11-10-22-9-3-2-4-18(22)20(24)13-16-7-8-17(21(23)25)12-19(16)22/h2*4,6,12-13,17-18,26H,2-3,5,7-11H2,1H3,(H2,23,27);7-8,12,14-15,18,20H,2-6,9-11,13H2,1H3,(H2,23,25)/t12-,17+,18-,22+;12-,17-,18+,22-;14-,18+,20-,22-/m101/s1. The zero-order valence-corrected chi connectivity index (χ0v) is 47.2. The molecule has 13 nitrogen and oxygen atoms in total. The van der Waals surface area contributed by atoms with Crippen molar-refractivity contribution in [1.29, 1.82) is 0 Å². The van der Waals surface area contributed by atoms with E-state index in [0.717, 1.165) is 110 Å². The van der Waals surface area contributed by atoms with Crippen molar-refractivity contribution in [2.75, 3.05) is 19.6 Å². The van der Waals surface area contributed by atoms with Gasteiger partial charge in [0.1, 0.15) is 23.1 Å². The molecule has 3 amide bonds. The summed E-state index contributed by atoms with van der Waals surface area (Å²) in [7, 11) is 0. The molecular weight excluding hydrogens is 989 g/mol. The Labute approximate surface area is 467 Å². The van der Waals surface area contributed by atoms with Crippen LogP contribution in [0.2, 0.25) is 0 Å². The van der Waals surface area contributed by atoms with Crippen molar-refractivity contribution in [1.82, 2.24) is 14.7 Å². The third-order valence-electron chi connectivity index (χ3n) is 23.9. The highest BCUT2D eigenvalue weighted by Crippen LogP contribution is 2.61. The average molecular weight is 1080 g/mol. The molecule has 0 aromatic heterocycles. The number of fused-ring (bicyclic) bond motifs is 3. The summed E-state index contributed by atoms with van der Waals surface area (Å²) in [6, 6.07) is 17.0. The zero-order valence-electron chi connectivity index (χ0n) is 47.2. The van der Waals surface area contributed by atoms with Crippen LogP contribution in [-0.4, -0.2) is 110 Å². The molecule has 12 aliphatic rings. The number of piperidine rings is 3. The molecule has 9 aliphatic carbocycles. The van der Waals surface area contributed by atoms with Crippen LogP contribution in [0.5, 0.6) is 11.5 Å². The van der Waals surface area contributed by atoms with Gasteiger partial charge >= 0.3 is 0 Å². The lowest BCUT2D eigenvalue weighted by Crippen LogP contribution is -2.63. The quantitative estimate of drug-likeness (QED) is 0.138. The van der Waals surface area contributed by atoms with Gasteiger partial charge in [-0.3, -0.25) is 38.7 Å². The van der Waals surface area contributed by atoms with E-state index < -0.39 is 11.8 Å². The van der Waals surface area contributed by atoms with Gasteiger partial charge < -0.3 is 27.4 Å². The minimum absolute atomic E-state index is 0.0295. The van der Waals surface area contributed by atoms with Crippen molar-refractivity contribution in [3.05, 3.63) is 92.5 Å². The maximum absolute atomic E-state index is 12.5. The maximum atomic E-state index is 12.5. The summed E-state index contributed by atoms with van der Waals surface area (Å²) in [5.74, 6) is 3.21. The zero-order chi connectivity index (χ0) is 55.0. The van der Waals surface area contributed by atoms with Crippen LogP contribution in [-0.2, 0) is 45.1 Å². The van der Waals surface area contributed by atoms with E-state index in [4.69, 9.17) is 17.2 Å². The molecule has 15 rings (SSSR count). The third kappa shape index (κ3) is 8.73. The first-order valence-electron chi connectivity index (χ1n) is 31.0. The highest BCUT2D eigenvalue weighted by molar-refractivity contribution is 5.97. The highest BCUT2D eigenvalue weighted by Gasteiger charge is 2.61. The number of aromatic hydroxyl groups is 2. The van der Waals surface area contributed by atoms with Crippen LogP contribution in [0.15, 0.2) is 42.5 Å². The van der Waals surface area contributed by atoms with Crippen molar-refractivity contribution >= 4 is 29.3 Å². The van der Waals surface area contributed by atoms with Gasteiger partial charge in [-0.15, -0.1) is 0 Å². The predicted octanol–water partition coefficient (Wildman–Crippen LogP) is 8.70. The van der Waals surface area contributed by atoms with Crippen molar-refractivity contribution in [3.63, 3.8) is 0 Å². The van der Waals surface area contributed by atoms with Gasteiger partial charge in [-0.1, -0.05) is 31.0 Å². The Hall–Kier alpha value is -5.11. The summed E-state index contributed by atoms with van der Waals surface area (Å²) in [6.07, 6.45) is 23.5. The number of carbonyl (C=O) groups excluding carboxylic acids is 5. The molecule has 6 bridgehead atoms. The van der Waals surface area contributed by atoms with E-state index in [0.29, 0.717) is 78.7 Å². The fourth-order valence-corrected chi connectivity index (χ4v) is 19.6. The number of hydrogen-bond acceptors (Lipinski definition) is 10. The number of benzene rings is 3. The summed E-state index contributed by atoms with van der Waals surface area (Å²) in [4.78, 5) is 68.6. The summed E-state index contributed by atoms with van der Waals surface area (Å²) in [6.45, 7) is 10.4. The second-order valence-electron chi connectivity index (χ2n) is 27.5. The Kier molecular flexibility index (Phi) is 13.3. The molecule has 6 saturated carbocycles. The number of carbonyl (C=O) groups is 5. The smallest absolute Gasteiger partial charge is 0.252 e. The first-order chi connectivity index (χ1) is 37.9. The van der Waals surface area contributed by atoms with E-state index in [2.05, 4.69) is 47.6 Å². The molecule has 422 valence electrons. The summed E-state index contributed by atoms with van der Waals surface area (Å²) in [5.41, 5.74) is 24.2. The molecule has 3 heterocycles. The molecule has 3 aromatic carbocycles. The predicted molar refractivity (Wildman–Crippen MR) is 303 cm³/mol. The lowest BCUT2D eigenvalue weighted by Gasteiger charge is -2.60. The maximum Gasteiger partial charge on any atom is 0.252 e. The lowest BCUT2D eigenvalue weighted by atomic mass is 9.51. The van der Waals surface area contributed by atoms with E-state index in [-0.39, 0.29) is 50.9 Å². The van der Waals surface area contributed by atoms with Gasteiger partial charge in [0.2, 0.25) is 5.91 Å². The molecule has 13 heteroatoms. The van der Waals surface area contributed by atoms with Gasteiger partial charge in [0.15, 0.2) is 0 Å². The SMILES string of the molecule is C[C@@H](C1CC1)N1CC[C@]23CC(=O)CC[C@H]2[C@H]1Cc1ccc(C(N)=O)c(O)c13.C[C@H](C1CC1)N1CC[C@]23CC(=O)CC[C@H]2[C@H]1Cc1ccc(C(N)=O)c(O)c13.C[C@H](C1CC1)N1CC[C@]23CCCC[C@H]2[C@H]1Cc1ccc(C(N)=O)cc13. The normalized spacial score (nSPS) is 34.4. The summed E-state index contributed by atoms with van der Waals surface area (Å²) >= 11 is 0. The van der Waals surface area contributed by atoms with Crippen molar-refractivity contribution in [3.8, 4) is 11.5 Å². The van der Waals surface area contributed by atoms with Crippen molar-refractivity contribution < 1.29 is 34.2 Å². The van der Waals surface area contributed by atoms with Crippen LogP contribution >= 0.6 is 0 Å². The second kappa shape index (κ2) is 19.8. The van der Waals surface area contributed by atoms with Crippen LogP contribution in [0.25, 0.3) is 0 Å². The van der Waals surface area contributed by atoms with E-state index in [1.165, 1.54) is 88.3 Å². The number of nitrogens with zero attached hydrogens (tertiary/aromatic N) is 3. The molecule has 8 N–H and O–H groups in total. The molecule has 3 aliphatic heterocycles. The van der Waals surface area contributed by atoms with Crippen molar-refractivity contribution in [2.24, 2.45) is 52.7 Å². The topological polar surface area (TPSA) is 214 Å². The number of Topliss-reactive ketones (excluding diaryl/α,β-unsaturated/α-hetero) is 2. The minimum Gasteiger partial charge on any atom is -0.507 e. The highest BCUT2D eigenvalue weighted by atomic mass is 16.3. The number of amides is 3. The van der Waals surface area contributed by atoms with Crippen LogP contribution < -0.4 is 17.2 Å². The molecule has 3 aromatic rings. The Morgan fingerprint density at radius 3 is 1.33 bits per heavy atom. The van der Waals surface area contributed by atoms with Gasteiger partial charge in [0, 0.05) is 94.9 Å². The van der Waals surface area contributed by atoms with Crippen LogP contribution in [0.4, 0.5) is 0 Å². The molecular formula is C66H86N6O7. The summed E-state index contributed by atoms with van der Waals surface area (Å²) in [5, 5.41) is 22.0. The van der Waals surface area contributed by atoms with Crippen LogP contribution in [0.1, 0.15) is 207 Å². The fourth-order valence-electron chi connectivity index (χ4n) is 19.6. The monoisotopic (exact) mass is 1070 g/mol. The molecule has 0 spiro atoms.